The van der Waals surface area contributed by atoms with Crippen molar-refractivity contribution in [3.05, 3.63) is 29.8 Å². The highest BCUT2D eigenvalue weighted by Gasteiger charge is 2.26. The van der Waals surface area contributed by atoms with Crippen LogP contribution in [0.2, 0.25) is 0 Å². The third-order valence-electron chi connectivity index (χ3n) is 4.18. The largest absolute Gasteiger partial charge is 0.393 e. The zero-order chi connectivity index (χ0) is 15.9. The van der Waals surface area contributed by atoms with Crippen LogP contribution in [0.4, 0.5) is 5.69 Å². The smallest absolute Gasteiger partial charge is 0.225 e. The summed E-state index contributed by atoms with van der Waals surface area (Å²) in [6.07, 6.45) is 3.30. The summed E-state index contributed by atoms with van der Waals surface area (Å²) in [6, 6.07) is 8.88. The van der Waals surface area contributed by atoms with E-state index in [4.69, 9.17) is 5.26 Å². The highest BCUT2D eigenvalue weighted by Crippen LogP contribution is 2.25. The van der Waals surface area contributed by atoms with E-state index in [0.717, 1.165) is 25.8 Å². The van der Waals surface area contributed by atoms with Gasteiger partial charge in [-0.3, -0.25) is 4.79 Å². The van der Waals surface area contributed by atoms with Gasteiger partial charge < -0.3 is 15.3 Å². The monoisotopic (exact) mass is 301 g/mol. The lowest BCUT2D eigenvalue weighted by Crippen LogP contribution is -2.32. The molecule has 0 aromatic heterocycles. The van der Waals surface area contributed by atoms with Crippen molar-refractivity contribution in [3.8, 4) is 6.07 Å². The van der Waals surface area contributed by atoms with Gasteiger partial charge in [-0.2, -0.15) is 5.26 Å². The van der Waals surface area contributed by atoms with Crippen LogP contribution in [0.1, 0.15) is 31.2 Å². The number of aliphatic hydroxyl groups excluding tert-OH is 1. The van der Waals surface area contributed by atoms with E-state index in [1.54, 1.807) is 24.3 Å². The van der Waals surface area contributed by atoms with Crippen molar-refractivity contribution in [2.24, 2.45) is 5.92 Å². The van der Waals surface area contributed by atoms with E-state index in [1.807, 2.05) is 13.1 Å². The van der Waals surface area contributed by atoms with E-state index < -0.39 is 0 Å². The Bertz CT molecular complexity index is 536. The average molecular weight is 301 g/mol. The molecule has 1 saturated carbocycles. The van der Waals surface area contributed by atoms with Gasteiger partial charge >= 0.3 is 0 Å². The molecule has 1 aliphatic rings. The molecule has 0 heterocycles. The number of benzene rings is 1. The van der Waals surface area contributed by atoms with Gasteiger partial charge in [-0.1, -0.05) is 6.42 Å². The fourth-order valence-electron chi connectivity index (χ4n) is 2.87. The number of carbonyl (C=O) groups excluding carboxylic acids is 1. The number of hydrogen-bond donors (Lipinski definition) is 2. The van der Waals surface area contributed by atoms with Gasteiger partial charge in [0.1, 0.15) is 0 Å². The first kappa shape index (κ1) is 16.5. The maximum Gasteiger partial charge on any atom is 0.225 e. The number of hydrogen-bond acceptors (Lipinski definition) is 4. The molecule has 2 atom stereocenters. The molecule has 2 rings (SSSR count). The Balaban J connectivity index is 1.71. The molecule has 2 N–H and O–H groups in total. The summed E-state index contributed by atoms with van der Waals surface area (Å²) in [4.78, 5) is 14.0. The molecule has 1 aliphatic carbocycles. The molecule has 0 radical (unpaired) electrons. The van der Waals surface area contributed by atoms with Gasteiger partial charge in [0, 0.05) is 25.2 Å². The van der Waals surface area contributed by atoms with E-state index >= 15 is 0 Å². The predicted octanol–water partition coefficient (Wildman–Crippen LogP) is 1.98. The molecule has 0 saturated heterocycles. The van der Waals surface area contributed by atoms with Crippen LogP contribution in [-0.4, -0.2) is 42.2 Å². The number of carbonyl (C=O) groups is 1. The van der Waals surface area contributed by atoms with Crippen LogP contribution in [-0.2, 0) is 4.79 Å². The fourth-order valence-corrected chi connectivity index (χ4v) is 2.87. The molecular weight excluding hydrogens is 278 g/mol. The lowest BCUT2D eigenvalue weighted by Gasteiger charge is -2.22. The van der Waals surface area contributed by atoms with Crippen molar-refractivity contribution in [3.63, 3.8) is 0 Å². The van der Waals surface area contributed by atoms with E-state index in [0.29, 0.717) is 30.1 Å². The van der Waals surface area contributed by atoms with Gasteiger partial charge in [0.15, 0.2) is 0 Å². The van der Waals surface area contributed by atoms with Crippen molar-refractivity contribution >= 4 is 11.6 Å². The summed E-state index contributed by atoms with van der Waals surface area (Å²) in [5, 5.41) is 21.4. The minimum atomic E-state index is -0.185. The molecule has 5 heteroatoms. The number of rotatable bonds is 6. The summed E-state index contributed by atoms with van der Waals surface area (Å²) < 4.78 is 0. The summed E-state index contributed by atoms with van der Waals surface area (Å²) in [7, 11) is 1.99. The van der Waals surface area contributed by atoms with Crippen molar-refractivity contribution in [2.75, 3.05) is 25.5 Å². The van der Waals surface area contributed by atoms with Crippen LogP contribution in [0.5, 0.6) is 0 Å². The van der Waals surface area contributed by atoms with Gasteiger partial charge in [-0.25, -0.2) is 0 Å². The lowest BCUT2D eigenvalue weighted by atomic mass is 10.1. The molecule has 0 spiro atoms. The topological polar surface area (TPSA) is 76.4 Å². The maximum atomic E-state index is 11.9. The van der Waals surface area contributed by atoms with E-state index in [-0.39, 0.29) is 12.0 Å². The molecule has 1 aromatic carbocycles. The van der Waals surface area contributed by atoms with Crippen molar-refractivity contribution in [2.45, 2.75) is 31.8 Å². The van der Waals surface area contributed by atoms with Crippen LogP contribution in [0.25, 0.3) is 0 Å². The molecule has 22 heavy (non-hydrogen) atoms. The summed E-state index contributed by atoms with van der Waals surface area (Å²) >= 11 is 0. The molecule has 0 aliphatic heterocycles. The second-order valence-electron chi connectivity index (χ2n) is 6.01. The standard InChI is InChI=1S/C17H23N3O2/c1-20(12-14-3-2-4-16(14)21)10-9-17(22)19-15-7-5-13(11-18)6-8-15/h5-8,14,16,21H,2-4,9-10,12H2,1H3,(H,19,22). The van der Waals surface area contributed by atoms with Gasteiger partial charge in [0.2, 0.25) is 5.91 Å². The first-order valence-electron chi connectivity index (χ1n) is 7.75. The number of nitriles is 1. The Morgan fingerprint density at radius 3 is 2.73 bits per heavy atom. The second kappa shape index (κ2) is 7.92. The molecule has 1 aromatic rings. The molecule has 1 amide bonds. The third-order valence-corrected chi connectivity index (χ3v) is 4.18. The summed E-state index contributed by atoms with van der Waals surface area (Å²) in [5.74, 6) is 0.301. The van der Waals surface area contributed by atoms with Crippen LogP contribution >= 0.6 is 0 Å². The van der Waals surface area contributed by atoms with Gasteiger partial charge in [0.05, 0.1) is 17.7 Å². The maximum absolute atomic E-state index is 11.9. The minimum Gasteiger partial charge on any atom is -0.393 e. The molecule has 0 bridgehead atoms. The van der Waals surface area contributed by atoms with Gasteiger partial charge in [-0.15, -0.1) is 0 Å². The Kier molecular flexibility index (Phi) is 5.93. The number of nitrogens with zero attached hydrogens (tertiary/aromatic N) is 2. The number of anilines is 1. The zero-order valence-electron chi connectivity index (χ0n) is 13.0. The van der Waals surface area contributed by atoms with Crippen molar-refractivity contribution in [1.29, 1.82) is 5.26 Å². The lowest BCUT2D eigenvalue weighted by molar-refractivity contribution is -0.116. The normalized spacial score (nSPS) is 20.8. The fraction of sp³-hybridized carbons (Fsp3) is 0.529. The van der Waals surface area contributed by atoms with Crippen LogP contribution in [0.15, 0.2) is 24.3 Å². The van der Waals surface area contributed by atoms with Crippen molar-refractivity contribution < 1.29 is 9.90 Å². The molecule has 1 fully saturated rings. The second-order valence-corrected chi connectivity index (χ2v) is 6.01. The highest BCUT2D eigenvalue weighted by atomic mass is 16.3. The van der Waals surface area contributed by atoms with Gasteiger partial charge in [-0.05, 0) is 50.1 Å². The molecular formula is C17H23N3O2. The summed E-state index contributed by atoms with van der Waals surface area (Å²) in [6.45, 7) is 1.51. The Hall–Kier alpha value is -1.90. The highest BCUT2D eigenvalue weighted by molar-refractivity contribution is 5.90. The summed E-state index contributed by atoms with van der Waals surface area (Å²) in [5.41, 5.74) is 1.28. The Labute approximate surface area is 131 Å². The van der Waals surface area contributed by atoms with E-state index in [2.05, 4.69) is 10.2 Å². The van der Waals surface area contributed by atoms with Crippen molar-refractivity contribution in [1.82, 2.24) is 4.90 Å². The SMILES string of the molecule is CN(CCC(=O)Nc1ccc(C#N)cc1)CC1CCCC1O. The number of nitrogens with one attached hydrogen (secondary N) is 1. The van der Waals surface area contributed by atoms with Crippen LogP contribution < -0.4 is 5.32 Å². The third kappa shape index (κ3) is 4.83. The average Bonchev–Trinajstić information content (AvgIpc) is 2.91. The Morgan fingerprint density at radius 1 is 1.41 bits per heavy atom. The minimum absolute atomic E-state index is 0.0384. The van der Waals surface area contributed by atoms with E-state index in [1.165, 1.54) is 0 Å². The molecule has 118 valence electrons. The predicted molar refractivity (Wildman–Crippen MR) is 85.2 cm³/mol. The zero-order valence-corrected chi connectivity index (χ0v) is 13.0. The van der Waals surface area contributed by atoms with Crippen LogP contribution in [0.3, 0.4) is 0 Å². The quantitative estimate of drug-likeness (QED) is 0.842. The molecule has 5 nitrogen and oxygen atoms in total. The first-order chi connectivity index (χ1) is 10.6. The number of aliphatic hydroxyl groups is 1. The van der Waals surface area contributed by atoms with Crippen LogP contribution in [0, 0.1) is 17.2 Å². The number of amides is 1. The first-order valence-corrected chi connectivity index (χ1v) is 7.75. The van der Waals surface area contributed by atoms with Gasteiger partial charge in [0.25, 0.3) is 0 Å². The molecule has 2 unspecified atom stereocenters. The Morgan fingerprint density at radius 2 is 2.14 bits per heavy atom. The van der Waals surface area contributed by atoms with E-state index in [9.17, 15) is 9.90 Å².